The molecule has 6 nitrogen and oxygen atoms in total. The molecule has 2 N–H and O–H groups in total. The maximum absolute atomic E-state index is 13.1. The second-order valence-corrected chi connectivity index (χ2v) is 6.36. The highest BCUT2D eigenvalue weighted by atomic mass is 19.1. The molecule has 1 heterocycles. The normalized spacial score (nSPS) is 10.5. The molecule has 0 atom stereocenters. The van der Waals surface area contributed by atoms with E-state index < -0.39 is 5.82 Å². The standard InChI is InChI=1S/C21H21FN4O2/c22-19-7-3-4-16(10-19)11-20(27)25-13-21(28)24-12-17-5-1-2-6-18(17)14-26-9-8-23-15-26/h1-10,15H,11-14H2,(H,24,28)(H,25,27). The van der Waals surface area contributed by atoms with Gasteiger partial charge in [-0.05, 0) is 28.8 Å². The Morgan fingerprint density at radius 3 is 2.57 bits per heavy atom. The van der Waals surface area contributed by atoms with Crippen molar-refractivity contribution in [3.63, 3.8) is 0 Å². The number of carbonyl (C=O) groups is 2. The number of nitrogens with one attached hydrogen (secondary N) is 2. The van der Waals surface area contributed by atoms with Gasteiger partial charge < -0.3 is 15.2 Å². The molecule has 28 heavy (non-hydrogen) atoms. The fourth-order valence-corrected chi connectivity index (χ4v) is 2.79. The first kappa shape index (κ1) is 19.3. The lowest BCUT2D eigenvalue weighted by molar-refractivity contribution is -0.125. The zero-order valence-corrected chi connectivity index (χ0v) is 15.3. The second-order valence-electron chi connectivity index (χ2n) is 6.36. The van der Waals surface area contributed by atoms with E-state index in [9.17, 15) is 14.0 Å². The Morgan fingerprint density at radius 2 is 1.82 bits per heavy atom. The molecule has 2 aromatic carbocycles. The van der Waals surface area contributed by atoms with E-state index in [1.54, 1.807) is 24.7 Å². The van der Waals surface area contributed by atoms with Crippen LogP contribution in [-0.2, 0) is 29.1 Å². The highest BCUT2D eigenvalue weighted by Crippen LogP contribution is 2.10. The van der Waals surface area contributed by atoms with Crippen LogP contribution in [0, 0.1) is 5.82 Å². The van der Waals surface area contributed by atoms with Crippen LogP contribution in [0.5, 0.6) is 0 Å². The molecule has 144 valence electrons. The van der Waals surface area contributed by atoms with Crippen molar-refractivity contribution in [2.75, 3.05) is 6.54 Å². The van der Waals surface area contributed by atoms with Gasteiger partial charge in [0.1, 0.15) is 5.82 Å². The van der Waals surface area contributed by atoms with Crippen LogP contribution in [0.3, 0.4) is 0 Å². The third-order valence-corrected chi connectivity index (χ3v) is 4.21. The molecule has 3 aromatic rings. The van der Waals surface area contributed by atoms with Gasteiger partial charge in [0, 0.05) is 25.5 Å². The zero-order chi connectivity index (χ0) is 19.8. The summed E-state index contributed by atoms with van der Waals surface area (Å²) in [4.78, 5) is 28.0. The summed E-state index contributed by atoms with van der Waals surface area (Å²) in [5.74, 6) is -1.01. The first-order valence-electron chi connectivity index (χ1n) is 8.90. The fraction of sp³-hybridized carbons (Fsp3) is 0.190. The van der Waals surface area contributed by atoms with Gasteiger partial charge in [-0.25, -0.2) is 9.37 Å². The number of halogens is 1. The molecule has 0 spiro atoms. The lowest BCUT2D eigenvalue weighted by atomic mass is 10.1. The fourth-order valence-electron chi connectivity index (χ4n) is 2.79. The Balaban J connectivity index is 1.46. The molecule has 0 bridgehead atoms. The minimum atomic E-state index is -0.391. The zero-order valence-electron chi connectivity index (χ0n) is 15.3. The predicted molar refractivity (Wildman–Crippen MR) is 103 cm³/mol. The van der Waals surface area contributed by atoms with Crippen molar-refractivity contribution in [3.8, 4) is 0 Å². The maximum atomic E-state index is 13.1. The number of hydrogen-bond donors (Lipinski definition) is 2. The van der Waals surface area contributed by atoms with Gasteiger partial charge in [0.15, 0.2) is 0 Å². The molecule has 0 fully saturated rings. The second kappa shape index (κ2) is 9.45. The minimum Gasteiger partial charge on any atom is -0.350 e. The van der Waals surface area contributed by atoms with Crippen LogP contribution >= 0.6 is 0 Å². The van der Waals surface area contributed by atoms with Crippen molar-refractivity contribution in [2.24, 2.45) is 0 Å². The SMILES string of the molecule is O=C(CNC(=O)Cc1cccc(F)c1)NCc1ccccc1Cn1ccnc1. The topological polar surface area (TPSA) is 76.0 Å². The van der Waals surface area contributed by atoms with E-state index in [0.717, 1.165) is 11.1 Å². The number of rotatable bonds is 8. The lowest BCUT2D eigenvalue weighted by Gasteiger charge is -2.12. The van der Waals surface area contributed by atoms with Gasteiger partial charge in [-0.15, -0.1) is 0 Å². The van der Waals surface area contributed by atoms with Crippen molar-refractivity contribution < 1.29 is 14.0 Å². The Bertz CT molecular complexity index is 941. The summed E-state index contributed by atoms with van der Waals surface area (Å²) < 4.78 is 15.1. The number of benzene rings is 2. The highest BCUT2D eigenvalue weighted by molar-refractivity contribution is 5.85. The van der Waals surface area contributed by atoms with Gasteiger partial charge in [0.05, 0.1) is 19.3 Å². The van der Waals surface area contributed by atoms with Gasteiger partial charge in [-0.1, -0.05) is 36.4 Å². The average Bonchev–Trinajstić information content (AvgIpc) is 3.19. The monoisotopic (exact) mass is 380 g/mol. The molecule has 0 unspecified atom stereocenters. The molecule has 0 saturated carbocycles. The van der Waals surface area contributed by atoms with Gasteiger partial charge in [-0.2, -0.15) is 0 Å². The van der Waals surface area contributed by atoms with Crippen LogP contribution in [0.25, 0.3) is 0 Å². The molecular weight excluding hydrogens is 359 g/mol. The summed E-state index contributed by atoms with van der Waals surface area (Å²) >= 11 is 0. The van der Waals surface area contributed by atoms with E-state index >= 15 is 0 Å². The molecule has 1 aromatic heterocycles. The van der Waals surface area contributed by atoms with Crippen molar-refractivity contribution in [1.82, 2.24) is 20.2 Å². The van der Waals surface area contributed by atoms with Crippen LogP contribution < -0.4 is 10.6 Å². The summed E-state index contributed by atoms with van der Waals surface area (Å²) in [6.45, 7) is 0.901. The quantitative estimate of drug-likeness (QED) is 0.628. The Kier molecular flexibility index (Phi) is 6.51. The first-order valence-corrected chi connectivity index (χ1v) is 8.90. The summed E-state index contributed by atoms with van der Waals surface area (Å²) in [5.41, 5.74) is 2.64. The summed E-state index contributed by atoms with van der Waals surface area (Å²) in [5, 5.41) is 5.36. The van der Waals surface area contributed by atoms with E-state index in [0.29, 0.717) is 18.7 Å². The highest BCUT2D eigenvalue weighted by Gasteiger charge is 2.08. The Hall–Kier alpha value is -3.48. The van der Waals surface area contributed by atoms with Crippen molar-refractivity contribution in [3.05, 3.63) is 89.8 Å². The Morgan fingerprint density at radius 1 is 1.00 bits per heavy atom. The number of amides is 2. The van der Waals surface area contributed by atoms with Crippen LogP contribution in [-0.4, -0.2) is 27.9 Å². The van der Waals surface area contributed by atoms with Crippen LogP contribution in [0.4, 0.5) is 4.39 Å². The summed E-state index contributed by atoms with van der Waals surface area (Å²) in [7, 11) is 0. The molecule has 2 amide bonds. The van der Waals surface area contributed by atoms with Gasteiger partial charge in [0.2, 0.25) is 11.8 Å². The number of carbonyl (C=O) groups excluding carboxylic acids is 2. The van der Waals surface area contributed by atoms with Crippen molar-refractivity contribution in [2.45, 2.75) is 19.5 Å². The van der Waals surface area contributed by atoms with Gasteiger partial charge in [0.25, 0.3) is 0 Å². The Labute approximate surface area is 162 Å². The molecule has 0 saturated heterocycles. The first-order chi connectivity index (χ1) is 13.6. The number of nitrogens with zero attached hydrogens (tertiary/aromatic N) is 2. The maximum Gasteiger partial charge on any atom is 0.239 e. The van der Waals surface area contributed by atoms with Crippen LogP contribution in [0.2, 0.25) is 0 Å². The molecule has 7 heteroatoms. The molecule has 0 aliphatic carbocycles. The smallest absolute Gasteiger partial charge is 0.239 e. The summed E-state index contributed by atoms with van der Waals surface area (Å²) in [6, 6.07) is 13.7. The van der Waals surface area contributed by atoms with E-state index in [1.165, 1.54) is 12.1 Å². The third-order valence-electron chi connectivity index (χ3n) is 4.21. The van der Waals surface area contributed by atoms with Crippen molar-refractivity contribution in [1.29, 1.82) is 0 Å². The van der Waals surface area contributed by atoms with E-state index in [-0.39, 0.29) is 24.8 Å². The summed E-state index contributed by atoms with van der Waals surface area (Å²) in [6.07, 6.45) is 5.36. The van der Waals surface area contributed by atoms with Crippen LogP contribution in [0.1, 0.15) is 16.7 Å². The van der Waals surface area contributed by atoms with Gasteiger partial charge in [-0.3, -0.25) is 9.59 Å². The van der Waals surface area contributed by atoms with Crippen molar-refractivity contribution >= 4 is 11.8 Å². The molecule has 0 aliphatic heterocycles. The molecule has 0 aliphatic rings. The largest absolute Gasteiger partial charge is 0.350 e. The van der Waals surface area contributed by atoms with Crippen LogP contribution in [0.15, 0.2) is 67.3 Å². The molecule has 0 radical (unpaired) electrons. The number of aromatic nitrogens is 2. The number of hydrogen-bond acceptors (Lipinski definition) is 3. The number of imidazole rings is 1. The molecule has 3 rings (SSSR count). The van der Waals surface area contributed by atoms with E-state index in [2.05, 4.69) is 15.6 Å². The average molecular weight is 380 g/mol. The van der Waals surface area contributed by atoms with E-state index in [4.69, 9.17) is 0 Å². The molecular formula is C21H21FN4O2. The minimum absolute atomic E-state index is 0.0266. The predicted octanol–water partition coefficient (Wildman–Crippen LogP) is 2.05. The van der Waals surface area contributed by atoms with E-state index in [1.807, 2.05) is 35.0 Å². The lowest BCUT2D eigenvalue weighted by Crippen LogP contribution is -2.37. The third kappa shape index (κ3) is 5.77. The van der Waals surface area contributed by atoms with Gasteiger partial charge >= 0.3 is 0 Å².